The number of anilines is 1. The van der Waals surface area contributed by atoms with Gasteiger partial charge in [0, 0.05) is 26.2 Å². The van der Waals surface area contributed by atoms with Crippen LogP contribution in [0.25, 0.3) is 0 Å². The van der Waals surface area contributed by atoms with Crippen molar-refractivity contribution in [3.05, 3.63) is 30.1 Å². The first-order valence-corrected chi connectivity index (χ1v) is 9.59. The minimum Gasteiger partial charge on any atom is -0.458 e. The number of carbonyl (C=O) groups excluding carboxylic acids is 2. The Hall–Kier alpha value is -2.11. The van der Waals surface area contributed by atoms with Crippen molar-refractivity contribution in [3.63, 3.8) is 0 Å². The van der Waals surface area contributed by atoms with Crippen LogP contribution in [0.3, 0.4) is 0 Å². The number of hydrogen-bond acceptors (Lipinski definition) is 4. The molecule has 1 atom stereocenters. The Morgan fingerprint density at radius 1 is 1.08 bits per heavy atom. The van der Waals surface area contributed by atoms with E-state index in [1.165, 1.54) is 6.07 Å². The van der Waals surface area contributed by atoms with Gasteiger partial charge in [-0.1, -0.05) is 18.6 Å². The minimum absolute atomic E-state index is 0.0333. The molecule has 0 N–H and O–H groups in total. The molecule has 1 saturated carbocycles. The number of piperazine rings is 1. The number of para-hydroxylation sites is 1. The van der Waals surface area contributed by atoms with Crippen LogP contribution in [0.2, 0.25) is 0 Å². The fourth-order valence-corrected chi connectivity index (χ4v) is 4.70. The molecule has 2 aliphatic heterocycles. The SMILES string of the molecule is O=C1CC(C(=O)N2CCN(c3ccccc3F)CC2)C2(CCCCC2)O1. The largest absolute Gasteiger partial charge is 0.458 e. The molecule has 0 radical (unpaired) electrons. The number of hydrogen-bond donors (Lipinski definition) is 0. The summed E-state index contributed by atoms with van der Waals surface area (Å²) >= 11 is 0. The van der Waals surface area contributed by atoms with E-state index in [1.807, 2.05) is 15.9 Å². The molecule has 0 bridgehead atoms. The van der Waals surface area contributed by atoms with Crippen molar-refractivity contribution in [3.8, 4) is 0 Å². The van der Waals surface area contributed by atoms with Gasteiger partial charge in [-0.15, -0.1) is 0 Å². The molecular weight excluding hydrogens is 335 g/mol. The first kappa shape index (κ1) is 17.3. The average Bonchev–Trinajstić information content (AvgIpc) is 2.97. The van der Waals surface area contributed by atoms with Gasteiger partial charge < -0.3 is 14.5 Å². The highest BCUT2D eigenvalue weighted by Gasteiger charge is 2.53. The predicted molar refractivity (Wildman–Crippen MR) is 95.2 cm³/mol. The van der Waals surface area contributed by atoms with E-state index in [9.17, 15) is 14.0 Å². The first-order valence-electron chi connectivity index (χ1n) is 9.59. The summed E-state index contributed by atoms with van der Waals surface area (Å²) in [6.45, 7) is 2.30. The molecule has 0 aromatic heterocycles. The number of esters is 1. The predicted octanol–water partition coefficient (Wildman–Crippen LogP) is 2.74. The summed E-state index contributed by atoms with van der Waals surface area (Å²) in [5.41, 5.74) is 0.0115. The van der Waals surface area contributed by atoms with Gasteiger partial charge in [0.25, 0.3) is 0 Å². The van der Waals surface area contributed by atoms with Crippen LogP contribution in [-0.4, -0.2) is 48.6 Å². The fraction of sp³-hybridized carbons (Fsp3) is 0.600. The first-order chi connectivity index (χ1) is 12.6. The van der Waals surface area contributed by atoms with Crippen molar-refractivity contribution in [2.24, 2.45) is 5.92 Å². The molecule has 1 amide bonds. The maximum Gasteiger partial charge on any atom is 0.307 e. The van der Waals surface area contributed by atoms with Gasteiger partial charge in [0.05, 0.1) is 18.0 Å². The van der Waals surface area contributed by atoms with Crippen molar-refractivity contribution in [1.29, 1.82) is 0 Å². The Balaban J connectivity index is 1.43. The van der Waals surface area contributed by atoms with Gasteiger partial charge in [0.2, 0.25) is 5.91 Å². The minimum atomic E-state index is -0.574. The van der Waals surface area contributed by atoms with Crippen molar-refractivity contribution < 1.29 is 18.7 Å². The summed E-state index contributed by atoms with van der Waals surface area (Å²) in [6.07, 6.45) is 4.96. The lowest BCUT2D eigenvalue weighted by atomic mass is 9.75. The zero-order valence-corrected chi connectivity index (χ0v) is 15.0. The van der Waals surface area contributed by atoms with E-state index in [4.69, 9.17) is 4.74 Å². The van der Waals surface area contributed by atoms with Gasteiger partial charge in [-0.25, -0.2) is 4.39 Å². The number of ether oxygens (including phenoxy) is 1. The molecule has 2 heterocycles. The standard InChI is InChI=1S/C20H25FN2O3/c21-16-6-2-3-7-17(16)22-10-12-23(13-11-22)19(25)15-14-18(24)26-20(15)8-4-1-5-9-20/h2-3,6-7,15H,1,4-5,8-14H2. The normalized spacial score (nSPS) is 25.4. The van der Waals surface area contributed by atoms with Gasteiger partial charge in [-0.2, -0.15) is 0 Å². The number of benzene rings is 1. The molecule has 1 aromatic carbocycles. The lowest BCUT2D eigenvalue weighted by Crippen LogP contribution is -2.54. The van der Waals surface area contributed by atoms with Gasteiger partial charge in [0.1, 0.15) is 11.4 Å². The summed E-state index contributed by atoms with van der Waals surface area (Å²) in [5.74, 6) is -0.792. The van der Waals surface area contributed by atoms with Gasteiger partial charge in [-0.3, -0.25) is 9.59 Å². The zero-order chi connectivity index (χ0) is 18.1. The van der Waals surface area contributed by atoms with Gasteiger partial charge in [0.15, 0.2) is 0 Å². The number of carbonyl (C=O) groups is 2. The van der Waals surface area contributed by atoms with Crippen LogP contribution in [0, 0.1) is 11.7 Å². The summed E-state index contributed by atoms with van der Waals surface area (Å²) < 4.78 is 19.7. The van der Waals surface area contributed by atoms with Crippen molar-refractivity contribution in [2.45, 2.75) is 44.1 Å². The van der Waals surface area contributed by atoms with E-state index in [0.29, 0.717) is 31.9 Å². The Labute approximate surface area is 153 Å². The molecule has 1 spiro atoms. The molecule has 1 aliphatic carbocycles. The van der Waals surface area contributed by atoms with E-state index < -0.39 is 5.60 Å². The summed E-state index contributed by atoms with van der Waals surface area (Å²) in [7, 11) is 0. The molecule has 6 heteroatoms. The number of halogens is 1. The highest BCUT2D eigenvalue weighted by Crippen LogP contribution is 2.45. The van der Waals surface area contributed by atoms with E-state index in [-0.39, 0.29) is 30.0 Å². The third kappa shape index (κ3) is 3.06. The highest BCUT2D eigenvalue weighted by molar-refractivity contribution is 5.88. The quantitative estimate of drug-likeness (QED) is 0.761. The molecule has 3 fully saturated rings. The number of nitrogens with zero attached hydrogens (tertiary/aromatic N) is 2. The van der Waals surface area contributed by atoms with Crippen LogP contribution in [0.4, 0.5) is 10.1 Å². The van der Waals surface area contributed by atoms with Crippen LogP contribution in [-0.2, 0) is 14.3 Å². The second-order valence-electron chi connectivity index (χ2n) is 7.62. The molecule has 4 rings (SSSR count). The van der Waals surface area contributed by atoms with E-state index in [2.05, 4.69) is 0 Å². The second kappa shape index (κ2) is 6.89. The molecule has 26 heavy (non-hydrogen) atoms. The highest BCUT2D eigenvalue weighted by atomic mass is 19.1. The Morgan fingerprint density at radius 2 is 1.77 bits per heavy atom. The third-order valence-corrected chi connectivity index (χ3v) is 6.11. The lowest BCUT2D eigenvalue weighted by molar-refractivity contribution is -0.155. The molecule has 140 valence electrons. The van der Waals surface area contributed by atoms with Crippen LogP contribution in [0.5, 0.6) is 0 Å². The number of amides is 1. The van der Waals surface area contributed by atoms with Crippen LogP contribution >= 0.6 is 0 Å². The molecule has 3 aliphatic rings. The van der Waals surface area contributed by atoms with Gasteiger partial charge in [-0.05, 0) is 37.8 Å². The topological polar surface area (TPSA) is 49.9 Å². The molecular formula is C20H25FN2O3. The van der Waals surface area contributed by atoms with Crippen LogP contribution < -0.4 is 4.90 Å². The van der Waals surface area contributed by atoms with Gasteiger partial charge >= 0.3 is 5.97 Å². The van der Waals surface area contributed by atoms with Crippen LogP contribution in [0.15, 0.2) is 24.3 Å². The van der Waals surface area contributed by atoms with E-state index >= 15 is 0 Å². The molecule has 1 aromatic rings. The molecule has 2 saturated heterocycles. The maximum atomic E-state index is 14.0. The smallest absolute Gasteiger partial charge is 0.307 e. The second-order valence-corrected chi connectivity index (χ2v) is 7.62. The fourth-order valence-electron chi connectivity index (χ4n) is 4.70. The summed E-state index contributed by atoms with van der Waals surface area (Å²) in [4.78, 5) is 28.9. The van der Waals surface area contributed by atoms with Crippen molar-refractivity contribution >= 4 is 17.6 Å². The Kier molecular flexibility index (Phi) is 4.59. The molecule has 1 unspecified atom stereocenters. The average molecular weight is 360 g/mol. The summed E-state index contributed by atoms with van der Waals surface area (Å²) in [5, 5.41) is 0. The zero-order valence-electron chi connectivity index (χ0n) is 15.0. The van der Waals surface area contributed by atoms with Crippen molar-refractivity contribution in [1.82, 2.24) is 4.90 Å². The van der Waals surface area contributed by atoms with Crippen molar-refractivity contribution in [2.75, 3.05) is 31.1 Å². The monoisotopic (exact) mass is 360 g/mol. The third-order valence-electron chi connectivity index (χ3n) is 6.11. The number of rotatable bonds is 2. The van der Waals surface area contributed by atoms with E-state index in [0.717, 1.165) is 32.1 Å². The van der Waals surface area contributed by atoms with Crippen LogP contribution in [0.1, 0.15) is 38.5 Å². The van der Waals surface area contributed by atoms with E-state index in [1.54, 1.807) is 12.1 Å². The molecule has 5 nitrogen and oxygen atoms in total. The Bertz CT molecular complexity index is 694. The lowest BCUT2D eigenvalue weighted by Gasteiger charge is -2.41. The summed E-state index contributed by atoms with van der Waals surface area (Å²) in [6, 6.07) is 6.73. The Morgan fingerprint density at radius 3 is 2.46 bits per heavy atom. The maximum absolute atomic E-state index is 14.0.